The Labute approximate surface area is 125 Å². The molecule has 110 valence electrons. The molecule has 2 rings (SSSR count). The zero-order valence-electron chi connectivity index (χ0n) is 12.3. The van der Waals surface area contributed by atoms with E-state index in [4.69, 9.17) is 0 Å². The molecule has 1 unspecified atom stereocenters. The standard InChI is InChI=1S/C16H24N2OS/c1-16(8-10-17-11-9-16)12-18-15(19)14(20-2)13-6-4-3-5-7-13/h3-7,14,17H,8-12H2,1-2H3,(H,18,19). The lowest BCUT2D eigenvalue weighted by atomic mass is 9.81. The van der Waals surface area contributed by atoms with Crippen LogP contribution < -0.4 is 10.6 Å². The monoisotopic (exact) mass is 292 g/mol. The normalized spacial score (nSPS) is 19.3. The number of carbonyl (C=O) groups is 1. The second kappa shape index (κ2) is 7.14. The molecular weight excluding hydrogens is 268 g/mol. The van der Waals surface area contributed by atoms with Crippen molar-refractivity contribution in [3.05, 3.63) is 35.9 Å². The fourth-order valence-electron chi connectivity index (χ4n) is 2.62. The van der Waals surface area contributed by atoms with Crippen molar-refractivity contribution in [3.63, 3.8) is 0 Å². The molecule has 4 heteroatoms. The third-order valence-corrected chi connectivity index (χ3v) is 5.03. The van der Waals surface area contributed by atoms with E-state index in [2.05, 4.69) is 17.6 Å². The third kappa shape index (κ3) is 4.00. The number of nitrogens with one attached hydrogen (secondary N) is 2. The number of hydrogen-bond acceptors (Lipinski definition) is 3. The Morgan fingerprint density at radius 1 is 1.35 bits per heavy atom. The Bertz CT molecular complexity index is 429. The lowest BCUT2D eigenvalue weighted by molar-refractivity contribution is -0.121. The largest absolute Gasteiger partial charge is 0.354 e. The quantitative estimate of drug-likeness (QED) is 0.876. The molecule has 1 aromatic rings. The average molecular weight is 292 g/mol. The average Bonchev–Trinajstić information content (AvgIpc) is 2.48. The Morgan fingerprint density at radius 2 is 2.00 bits per heavy atom. The van der Waals surface area contributed by atoms with E-state index in [0.29, 0.717) is 0 Å². The van der Waals surface area contributed by atoms with Gasteiger partial charge in [0.15, 0.2) is 0 Å². The molecule has 20 heavy (non-hydrogen) atoms. The molecule has 1 fully saturated rings. The summed E-state index contributed by atoms with van der Waals surface area (Å²) in [4.78, 5) is 12.4. The fraction of sp³-hybridized carbons (Fsp3) is 0.562. The van der Waals surface area contributed by atoms with E-state index >= 15 is 0 Å². The van der Waals surface area contributed by atoms with E-state index in [1.807, 2.05) is 36.6 Å². The fourth-order valence-corrected chi connectivity index (χ4v) is 3.35. The van der Waals surface area contributed by atoms with Crippen LogP contribution in [0.3, 0.4) is 0 Å². The molecule has 1 aliphatic rings. The highest BCUT2D eigenvalue weighted by molar-refractivity contribution is 7.99. The lowest BCUT2D eigenvalue weighted by Gasteiger charge is -2.34. The SMILES string of the molecule is CSC(C(=O)NCC1(C)CCNCC1)c1ccccc1. The number of rotatable bonds is 5. The summed E-state index contributed by atoms with van der Waals surface area (Å²) in [5, 5.41) is 6.42. The first kappa shape index (κ1) is 15.4. The summed E-state index contributed by atoms with van der Waals surface area (Å²) in [5.41, 5.74) is 1.31. The predicted molar refractivity (Wildman–Crippen MR) is 85.9 cm³/mol. The lowest BCUT2D eigenvalue weighted by Crippen LogP contribution is -2.43. The van der Waals surface area contributed by atoms with Gasteiger partial charge in [0.1, 0.15) is 5.25 Å². The van der Waals surface area contributed by atoms with Gasteiger partial charge in [-0.25, -0.2) is 0 Å². The molecular formula is C16H24N2OS. The van der Waals surface area contributed by atoms with E-state index < -0.39 is 0 Å². The number of amides is 1. The van der Waals surface area contributed by atoms with Gasteiger partial charge in [0.2, 0.25) is 5.91 Å². The Balaban J connectivity index is 1.93. The van der Waals surface area contributed by atoms with E-state index in [1.165, 1.54) is 0 Å². The van der Waals surface area contributed by atoms with Crippen molar-refractivity contribution in [2.75, 3.05) is 25.9 Å². The highest BCUT2D eigenvalue weighted by Crippen LogP contribution is 2.29. The van der Waals surface area contributed by atoms with Crippen molar-refractivity contribution in [1.82, 2.24) is 10.6 Å². The van der Waals surface area contributed by atoms with Crippen LogP contribution in [0.15, 0.2) is 30.3 Å². The second-order valence-corrected chi connectivity index (χ2v) is 6.75. The van der Waals surface area contributed by atoms with Crippen molar-refractivity contribution in [2.24, 2.45) is 5.41 Å². The molecule has 1 heterocycles. The van der Waals surface area contributed by atoms with Crippen LogP contribution >= 0.6 is 11.8 Å². The first-order valence-corrected chi connectivity index (χ1v) is 8.50. The topological polar surface area (TPSA) is 41.1 Å². The van der Waals surface area contributed by atoms with E-state index in [9.17, 15) is 4.79 Å². The smallest absolute Gasteiger partial charge is 0.237 e. The molecule has 0 bridgehead atoms. The van der Waals surface area contributed by atoms with Gasteiger partial charge >= 0.3 is 0 Å². The highest BCUT2D eigenvalue weighted by atomic mass is 32.2. The molecule has 3 nitrogen and oxygen atoms in total. The number of carbonyl (C=O) groups excluding carboxylic acids is 1. The summed E-state index contributed by atoms with van der Waals surface area (Å²) in [6, 6.07) is 9.99. The van der Waals surface area contributed by atoms with Crippen LogP contribution in [0.25, 0.3) is 0 Å². The number of piperidine rings is 1. The maximum atomic E-state index is 12.4. The summed E-state index contributed by atoms with van der Waals surface area (Å²) in [6.45, 7) is 5.15. The number of benzene rings is 1. The van der Waals surface area contributed by atoms with Crippen LogP contribution in [0, 0.1) is 5.41 Å². The summed E-state index contributed by atoms with van der Waals surface area (Å²) in [6.07, 6.45) is 4.24. The van der Waals surface area contributed by atoms with Crippen LogP contribution in [0.2, 0.25) is 0 Å². The minimum Gasteiger partial charge on any atom is -0.354 e. The van der Waals surface area contributed by atoms with Crippen LogP contribution in [0.4, 0.5) is 0 Å². The molecule has 0 aliphatic carbocycles. The number of hydrogen-bond donors (Lipinski definition) is 2. The van der Waals surface area contributed by atoms with Crippen molar-refractivity contribution < 1.29 is 4.79 Å². The summed E-state index contributed by atoms with van der Waals surface area (Å²) in [7, 11) is 0. The zero-order chi connectivity index (χ0) is 14.4. The molecule has 0 spiro atoms. The minimum atomic E-state index is -0.110. The van der Waals surface area contributed by atoms with E-state index in [1.54, 1.807) is 11.8 Å². The van der Waals surface area contributed by atoms with Crippen LogP contribution in [0.5, 0.6) is 0 Å². The number of thioether (sulfide) groups is 1. The van der Waals surface area contributed by atoms with Crippen molar-refractivity contribution in [2.45, 2.75) is 25.0 Å². The van der Waals surface area contributed by atoms with Crippen molar-refractivity contribution in [1.29, 1.82) is 0 Å². The maximum absolute atomic E-state index is 12.4. The van der Waals surface area contributed by atoms with Crippen LogP contribution in [-0.2, 0) is 4.79 Å². The predicted octanol–water partition coefficient (Wildman–Crippen LogP) is 2.60. The molecule has 1 saturated heterocycles. The first-order chi connectivity index (χ1) is 9.64. The minimum absolute atomic E-state index is 0.110. The van der Waals surface area contributed by atoms with E-state index in [-0.39, 0.29) is 16.6 Å². The molecule has 1 aliphatic heterocycles. The van der Waals surface area contributed by atoms with Crippen molar-refractivity contribution in [3.8, 4) is 0 Å². The Kier molecular flexibility index (Phi) is 5.49. The van der Waals surface area contributed by atoms with Gasteiger partial charge in [0, 0.05) is 6.54 Å². The Hall–Kier alpha value is -1.00. The van der Waals surface area contributed by atoms with Gasteiger partial charge in [-0.05, 0) is 43.2 Å². The van der Waals surface area contributed by atoms with Gasteiger partial charge in [-0.2, -0.15) is 0 Å². The third-order valence-electron chi connectivity index (χ3n) is 4.08. The second-order valence-electron chi connectivity index (χ2n) is 5.80. The maximum Gasteiger partial charge on any atom is 0.237 e. The van der Waals surface area contributed by atoms with Gasteiger partial charge in [0.25, 0.3) is 0 Å². The Morgan fingerprint density at radius 3 is 2.60 bits per heavy atom. The van der Waals surface area contributed by atoms with Crippen molar-refractivity contribution >= 4 is 17.7 Å². The summed E-state index contributed by atoms with van der Waals surface area (Å²) in [5.74, 6) is 0.128. The van der Waals surface area contributed by atoms with E-state index in [0.717, 1.165) is 38.0 Å². The van der Waals surface area contributed by atoms with Gasteiger partial charge < -0.3 is 10.6 Å². The molecule has 0 aromatic heterocycles. The summed E-state index contributed by atoms with van der Waals surface area (Å²) < 4.78 is 0. The molecule has 1 atom stereocenters. The van der Waals surface area contributed by atoms with Crippen LogP contribution in [0.1, 0.15) is 30.6 Å². The van der Waals surface area contributed by atoms with Gasteiger partial charge in [0.05, 0.1) is 0 Å². The zero-order valence-corrected chi connectivity index (χ0v) is 13.1. The summed E-state index contributed by atoms with van der Waals surface area (Å²) >= 11 is 1.59. The molecule has 1 aromatic carbocycles. The molecule has 2 N–H and O–H groups in total. The highest BCUT2D eigenvalue weighted by Gasteiger charge is 2.28. The molecule has 0 radical (unpaired) electrons. The van der Waals surface area contributed by atoms with Gasteiger partial charge in [-0.3, -0.25) is 4.79 Å². The molecule has 0 saturated carbocycles. The first-order valence-electron chi connectivity index (χ1n) is 7.21. The molecule has 1 amide bonds. The van der Waals surface area contributed by atoms with Gasteiger partial charge in [-0.1, -0.05) is 37.3 Å². The van der Waals surface area contributed by atoms with Crippen LogP contribution in [-0.4, -0.2) is 31.8 Å². The van der Waals surface area contributed by atoms with Gasteiger partial charge in [-0.15, -0.1) is 11.8 Å².